The maximum Gasteiger partial charge on any atom is 0.306 e. The van der Waals surface area contributed by atoms with E-state index in [1.807, 2.05) is 0 Å². The molecular formula is C13H6Br2Cl2N4O6. The first-order valence-electron chi connectivity index (χ1n) is 6.65. The molecule has 0 aliphatic carbocycles. The molecule has 0 bridgehead atoms. The minimum absolute atomic E-state index is 0.150. The molecule has 0 aromatic heterocycles. The van der Waals surface area contributed by atoms with Crippen molar-refractivity contribution in [3.05, 3.63) is 67.5 Å². The van der Waals surface area contributed by atoms with E-state index in [0.29, 0.717) is 12.1 Å². The summed E-state index contributed by atoms with van der Waals surface area (Å²) in [5.41, 5.74) is -2.75. The molecule has 0 N–H and O–H groups in total. The standard InChI is InChI=1S/C13H6Br2Cl2N4O6/c1-18(13-10(14)6(16)4-7(17)11(13)15)12-8(20(24)25)2-5(19(22)23)3-9(12)21(26)27/h2-4H,1H3. The number of halogens is 4. The Morgan fingerprint density at radius 3 is 1.56 bits per heavy atom. The van der Waals surface area contributed by atoms with Gasteiger partial charge in [0.05, 0.1) is 51.6 Å². The lowest BCUT2D eigenvalue weighted by Crippen LogP contribution is -2.15. The van der Waals surface area contributed by atoms with E-state index in [1.54, 1.807) is 0 Å². The van der Waals surface area contributed by atoms with Gasteiger partial charge in [0.25, 0.3) is 5.69 Å². The molecule has 0 unspecified atom stereocenters. The number of rotatable bonds is 5. The Kier molecular flexibility index (Phi) is 6.24. The highest BCUT2D eigenvalue weighted by Crippen LogP contribution is 2.49. The summed E-state index contributed by atoms with van der Waals surface area (Å²) in [6, 6.07) is 2.69. The second kappa shape index (κ2) is 7.92. The van der Waals surface area contributed by atoms with Gasteiger partial charge >= 0.3 is 11.4 Å². The SMILES string of the molecule is CN(c1c([N+](=O)[O-])cc([N+](=O)[O-])cc1[N+](=O)[O-])c1c(Br)c(Cl)cc(Cl)c1Br. The summed E-state index contributed by atoms with van der Waals surface area (Å²) in [5, 5.41) is 34.2. The summed E-state index contributed by atoms with van der Waals surface area (Å²) in [7, 11) is 1.30. The zero-order chi connectivity index (χ0) is 20.6. The van der Waals surface area contributed by atoms with Crippen LogP contribution in [0.3, 0.4) is 0 Å². The Labute approximate surface area is 177 Å². The second-order valence-electron chi connectivity index (χ2n) is 4.98. The summed E-state index contributed by atoms with van der Waals surface area (Å²) in [5.74, 6) is 0. The summed E-state index contributed by atoms with van der Waals surface area (Å²) in [4.78, 5) is 32.2. The lowest BCUT2D eigenvalue weighted by Gasteiger charge is -2.23. The topological polar surface area (TPSA) is 133 Å². The van der Waals surface area contributed by atoms with Crippen LogP contribution >= 0.6 is 55.1 Å². The fourth-order valence-corrected chi connectivity index (χ4v) is 4.16. The van der Waals surface area contributed by atoms with Gasteiger partial charge in [-0.3, -0.25) is 30.3 Å². The fourth-order valence-electron chi connectivity index (χ4n) is 2.28. The largest absolute Gasteiger partial charge is 0.331 e. The van der Waals surface area contributed by atoms with Gasteiger partial charge < -0.3 is 4.90 Å². The zero-order valence-electron chi connectivity index (χ0n) is 13.0. The van der Waals surface area contributed by atoms with Gasteiger partial charge in [0.15, 0.2) is 5.69 Å². The fraction of sp³-hybridized carbons (Fsp3) is 0.0769. The molecule has 0 aliphatic rings. The van der Waals surface area contributed by atoms with Crippen LogP contribution in [-0.4, -0.2) is 21.8 Å². The minimum atomic E-state index is -0.953. The van der Waals surface area contributed by atoms with Crippen LogP contribution in [0.25, 0.3) is 0 Å². The maximum atomic E-state index is 11.5. The molecule has 10 nitrogen and oxygen atoms in total. The van der Waals surface area contributed by atoms with Crippen molar-refractivity contribution in [3.8, 4) is 0 Å². The van der Waals surface area contributed by atoms with E-state index in [9.17, 15) is 30.3 Å². The van der Waals surface area contributed by atoms with Crippen LogP contribution in [-0.2, 0) is 0 Å². The molecule has 2 rings (SSSR count). The smallest absolute Gasteiger partial charge is 0.306 e. The molecule has 0 saturated carbocycles. The number of anilines is 2. The van der Waals surface area contributed by atoms with Crippen LogP contribution in [0.5, 0.6) is 0 Å². The van der Waals surface area contributed by atoms with E-state index < -0.39 is 37.5 Å². The lowest BCUT2D eigenvalue weighted by molar-refractivity contribution is -0.402. The van der Waals surface area contributed by atoms with Gasteiger partial charge in [-0.15, -0.1) is 0 Å². The molecule has 0 heterocycles. The van der Waals surface area contributed by atoms with Crippen molar-refractivity contribution in [2.75, 3.05) is 11.9 Å². The quantitative estimate of drug-likeness (QED) is 0.255. The molecule has 0 radical (unpaired) electrons. The molecule has 0 aliphatic heterocycles. The Morgan fingerprint density at radius 1 is 0.815 bits per heavy atom. The van der Waals surface area contributed by atoms with Crippen molar-refractivity contribution in [2.45, 2.75) is 0 Å². The predicted molar refractivity (Wildman–Crippen MR) is 106 cm³/mol. The third-order valence-electron chi connectivity index (χ3n) is 3.42. The highest BCUT2D eigenvalue weighted by molar-refractivity contribution is 9.11. The van der Waals surface area contributed by atoms with Gasteiger partial charge in [0.2, 0.25) is 0 Å². The molecule has 27 heavy (non-hydrogen) atoms. The van der Waals surface area contributed by atoms with E-state index in [1.165, 1.54) is 13.1 Å². The summed E-state index contributed by atoms with van der Waals surface area (Å²) in [6.07, 6.45) is 0. The Hall–Kier alpha value is -2.02. The molecule has 2 aromatic rings. The number of hydrogen-bond acceptors (Lipinski definition) is 7. The number of nitro benzene ring substituents is 3. The summed E-state index contributed by atoms with van der Waals surface area (Å²) in [6.45, 7) is 0. The van der Waals surface area contributed by atoms with Gasteiger partial charge in [0, 0.05) is 7.05 Å². The van der Waals surface area contributed by atoms with Crippen LogP contribution in [0.4, 0.5) is 28.4 Å². The van der Waals surface area contributed by atoms with Gasteiger partial charge in [-0.05, 0) is 37.9 Å². The first-order chi connectivity index (χ1) is 12.5. The van der Waals surface area contributed by atoms with E-state index >= 15 is 0 Å². The molecule has 0 spiro atoms. The van der Waals surface area contributed by atoms with Crippen molar-refractivity contribution < 1.29 is 14.8 Å². The van der Waals surface area contributed by atoms with Crippen molar-refractivity contribution in [3.63, 3.8) is 0 Å². The number of hydrogen-bond donors (Lipinski definition) is 0. The second-order valence-corrected chi connectivity index (χ2v) is 7.38. The van der Waals surface area contributed by atoms with Crippen LogP contribution in [0, 0.1) is 30.3 Å². The average molecular weight is 545 g/mol. The van der Waals surface area contributed by atoms with Crippen molar-refractivity contribution in [2.24, 2.45) is 0 Å². The number of benzene rings is 2. The van der Waals surface area contributed by atoms with Gasteiger partial charge in [-0.1, -0.05) is 23.2 Å². The third-order valence-corrected chi connectivity index (χ3v) is 6.08. The van der Waals surface area contributed by atoms with Crippen molar-refractivity contribution in [1.82, 2.24) is 0 Å². The van der Waals surface area contributed by atoms with Crippen molar-refractivity contribution >= 4 is 83.5 Å². The highest BCUT2D eigenvalue weighted by atomic mass is 79.9. The molecule has 0 saturated heterocycles. The molecule has 142 valence electrons. The molecule has 2 aromatic carbocycles. The monoisotopic (exact) mass is 542 g/mol. The Balaban J connectivity index is 2.91. The zero-order valence-corrected chi connectivity index (χ0v) is 17.7. The molecule has 14 heteroatoms. The van der Waals surface area contributed by atoms with E-state index in [-0.39, 0.29) is 24.7 Å². The average Bonchev–Trinajstić information content (AvgIpc) is 2.58. The normalized spacial score (nSPS) is 10.6. The maximum absolute atomic E-state index is 11.5. The van der Waals surface area contributed by atoms with Gasteiger partial charge in [-0.2, -0.15) is 0 Å². The first kappa shape index (κ1) is 21.3. The first-order valence-corrected chi connectivity index (χ1v) is 8.99. The number of non-ortho nitro benzene ring substituents is 1. The van der Waals surface area contributed by atoms with Crippen LogP contribution in [0.15, 0.2) is 27.1 Å². The summed E-state index contributed by atoms with van der Waals surface area (Å²) < 4.78 is 0.509. The van der Waals surface area contributed by atoms with E-state index in [0.717, 1.165) is 4.90 Å². The Bertz CT molecular complexity index is 942. The van der Waals surface area contributed by atoms with Gasteiger partial charge in [-0.25, -0.2) is 0 Å². The molecule has 0 fully saturated rings. The molecule has 0 amide bonds. The predicted octanol–water partition coefficient (Wildman–Crippen LogP) is 6.01. The minimum Gasteiger partial charge on any atom is -0.331 e. The Morgan fingerprint density at radius 2 is 1.22 bits per heavy atom. The van der Waals surface area contributed by atoms with Crippen LogP contribution < -0.4 is 4.90 Å². The van der Waals surface area contributed by atoms with Crippen LogP contribution in [0.1, 0.15) is 0 Å². The van der Waals surface area contributed by atoms with E-state index in [4.69, 9.17) is 23.2 Å². The van der Waals surface area contributed by atoms with Gasteiger partial charge in [0.1, 0.15) is 0 Å². The third kappa shape index (κ3) is 3.98. The molecule has 0 atom stereocenters. The highest BCUT2D eigenvalue weighted by Gasteiger charge is 2.35. The number of nitro groups is 3. The van der Waals surface area contributed by atoms with Crippen LogP contribution in [0.2, 0.25) is 10.0 Å². The number of nitrogens with zero attached hydrogens (tertiary/aromatic N) is 4. The lowest BCUT2D eigenvalue weighted by atomic mass is 10.1. The van der Waals surface area contributed by atoms with Crippen molar-refractivity contribution in [1.29, 1.82) is 0 Å². The van der Waals surface area contributed by atoms with E-state index in [2.05, 4.69) is 31.9 Å². The molecular weight excluding hydrogens is 539 g/mol. The summed E-state index contributed by atoms with van der Waals surface area (Å²) >= 11 is 18.5.